The fourth-order valence-electron chi connectivity index (χ4n) is 2.86. The topological polar surface area (TPSA) is 0 Å². The monoisotopic (exact) mass is 182 g/mol. The molecule has 0 bridgehead atoms. The summed E-state index contributed by atoms with van der Waals surface area (Å²) in [5.41, 5.74) is 1.23. The number of hydrogen-bond donors (Lipinski definition) is 0. The Kier molecular flexibility index (Phi) is 3.43. The van der Waals surface area contributed by atoms with Crippen LogP contribution in [0, 0.1) is 10.8 Å². The molecule has 1 rings (SSSR count). The van der Waals surface area contributed by atoms with Crippen LogP contribution in [0.1, 0.15) is 72.6 Å². The molecule has 0 heterocycles. The van der Waals surface area contributed by atoms with Gasteiger partial charge in [0.05, 0.1) is 0 Å². The minimum Gasteiger partial charge on any atom is -0.0649 e. The molecule has 0 unspecified atom stereocenters. The summed E-state index contributed by atoms with van der Waals surface area (Å²) in [6, 6.07) is 0. The Morgan fingerprint density at radius 1 is 1.08 bits per heavy atom. The SMILES string of the molecule is CCC(C)(C)CC1(C)CCCCC1. The van der Waals surface area contributed by atoms with Crippen molar-refractivity contribution in [3.8, 4) is 0 Å². The molecule has 0 N–H and O–H groups in total. The van der Waals surface area contributed by atoms with E-state index in [4.69, 9.17) is 0 Å². The van der Waals surface area contributed by atoms with Gasteiger partial charge in [0.15, 0.2) is 0 Å². The normalized spacial score (nSPS) is 23.1. The first-order valence-electron chi connectivity index (χ1n) is 5.97. The van der Waals surface area contributed by atoms with Crippen molar-refractivity contribution in [2.24, 2.45) is 10.8 Å². The quantitative estimate of drug-likeness (QED) is 0.589. The van der Waals surface area contributed by atoms with Crippen LogP contribution >= 0.6 is 0 Å². The van der Waals surface area contributed by atoms with E-state index < -0.39 is 0 Å². The van der Waals surface area contributed by atoms with Crippen LogP contribution in [-0.4, -0.2) is 0 Å². The molecule has 0 amide bonds. The molecule has 13 heavy (non-hydrogen) atoms. The van der Waals surface area contributed by atoms with E-state index in [1.54, 1.807) is 0 Å². The second-order valence-electron chi connectivity index (χ2n) is 6.07. The van der Waals surface area contributed by atoms with Gasteiger partial charge in [-0.25, -0.2) is 0 Å². The van der Waals surface area contributed by atoms with Crippen LogP contribution in [0.2, 0.25) is 0 Å². The molecule has 0 radical (unpaired) electrons. The van der Waals surface area contributed by atoms with Crippen LogP contribution in [-0.2, 0) is 0 Å². The molecule has 0 aromatic carbocycles. The number of hydrogen-bond acceptors (Lipinski definition) is 0. The minimum atomic E-state index is 0.562. The van der Waals surface area contributed by atoms with Crippen molar-refractivity contribution in [1.82, 2.24) is 0 Å². The van der Waals surface area contributed by atoms with Crippen molar-refractivity contribution in [3.63, 3.8) is 0 Å². The lowest BCUT2D eigenvalue weighted by Gasteiger charge is -2.40. The largest absolute Gasteiger partial charge is 0.0649 e. The Balaban J connectivity index is 2.49. The van der Waals surface area contributed by atoms with Crippen molar-refractivity contribution < 1.29 is 0 Å². The average molecular weight is 182 g/mol. The Labute approximate surface area is 84.1 Å². The van der Waals surface area contributed by atoms with Gasteiger partial charge in [0.25, 0.3) is 0 Å². The molecule has 0 aromatic heterocycles. The summed E-state index contributed by atoms with van der Waals surface area (Å²) in [6.45, 7) is 9.68. The summed E-state index contributed by atoms with van der Waals surface area (Å²) < 4.78 is 0. The zero-order valence-corrected chi connectivity index (χ0v) is 9.95. The molecule has 1 aliphatic carbocycles. The zero-order valence-electron chi connectivity index (χ0n) is 9.95. The lowest BCUT2D eigenvalue weighted by molar-refractivity contribution is 0.121. The molecule has 0 spiro atoms. The highest BCUT2D eigenvalue weighted by atomic mass is 14.4. The third-order valence-electron chi connectivity index (χ3n) is 3.92. The third kappa shape index (κ3) is 3.32. The fourth-order valence-corrected chi connectivity index (χ4v) is 2.86. The second kappa shape index (κ2) is 4.02. The molecule has 1 saturated carbocycles. The molecule has 0 saturated heterocycles. The lowest BCUT2D eigenvalue weighted by Crippen LogP contribution is -2.27. The van der Waals surface area contributed by atoms with Gasteiger partial charge in [0.1, 0.15) is 0 Å². The van der Waals surface area contributed by atoms with Gasteiger partial charge >= 0.3 is 0 Å². The van der Waals surface area contributed by atoms with E-state index in [1.165, 1.54) is 44.9 Å². The fraction of sp³-hybridized carbons (Fsp3) is 1.00. The molecule has 1 fully saturated rings. The van der Waals surface area contributed by atoms with Crippen molar-refractivity contribution >= 4 is 0 Å². The van der Waals surface area contributed by atoms with Gasteiger partial charge in [0.2, 0.25) is 0 Å². The maximum atomic E-state index is 2.50. The summed E-state index contributed by atoms with van der Waals surface area (Å²) in [4.78, 5) is 0. The van der Waals surface area contributed by atoms with Crippen LogP contribution in [0.15, 0.2) is 0 Å². The predicted octanol–water partition coefficient (Wildman–Crippen LogP) is 4.78. The van der Waals surface area contributed by atoms with E-state index in [0.717, 1.165) is 0 Å². The molecule has 0 aromatic rings. The Morgan fingerprint density at radius 2 is 1.62 bits per heavy atom. The summed E-state index contributed by atoms with van der Waals surface area (Å²) in [7, 11) is 0. The molecule has 78 valence electrons. The molecule has 0 heteroatoms. The van der Waals surface area contributed by atoms with Gasteiger partial charge in [0, 0.05) is 0 Å². The van der Waals surface area contributed by atoms with E-state index in [1.807, 2.05) is 0 Å². The van der Waals surface area contributed by atoms with Crippen molar-refractivity contribution in [2.45, 2.75) is 72.6 Å². The van der Waals surface area contributed by atoms with E-state index in [-0.39, 0.29) is 0 Å². The van der Waals surface area contributed by atoms with Gasteiger partial charge in [-0.05, 0) is 30.1 Å². The van der Waals surface area contributed by atoms with Crippen LogP contribution in [0.4, 0.5) is 0 Å². The van der Waals surface area contributed by atoms with Crippen molar-refractivity contribution in [3.05, 3.63) is 0 Å². The average Bonchev–Trinajstić information content (AvgIpc) is 2.04. The Morgan fingerprint density at radius 3 is 2.08 bits per heavy atom. The van der Waals surface area contributed by atoms with Crippen LogP contribution in [0.5, 0.6) is 0 Å². The van der Waals surface area contributed by atoms with Gasteiger partial charge in [-0.3, -0.25) is 0 Å². The maximum Gasteiger partial charge on any atom is -0.0321 e. The third-order valence-corrected chi connectivity index (χ3v) is 3.92. The highest BCUT2D eigenvalue weighted by Crippen LogP contribution is 2.45. The first kappa shape index (κ1) is 11.1. The summed E-state index contributed by atoms with van der Waals surface area (Å²) in [5.74, 6) is 0. The van der Waals surface area contributed by atoms with E-state index >= 15 is 0 Å². The van der Waals surface area contributed by atoms with Gasteiger partial charge in [-0.1, -0.05) is 53.4 Å². The van der Waals surface area contributed by atoms with Gasteiger partial charge < -0.3 is 0 Å². The van der Waals surface area contributed by atoms with E-state index in [2.05, 4.69) is 27.7 Å². The van der Waals surface area contributed by atoms with E-state index in [0.29, 0.717) is 10.8 Å². The first-order chi connectivity index (χ1) is 5.97. The van der Waals surface area contributed by atoms with Crippen molar-refractivity contribution in [2.75, 3.05) is 0 Å². The highest BCUT2D eigenvalue weighted by molar-refractivity contribution is 4.84. The summed E-state index contributed by atoms with van der Waals surface area (Å²) in [6.07, 6.45) is 10.1. The van der Waals surface area contributed by atoms with Gasteiger partial charge in [-0.15, -0.1) is 0 Å². The van der Waals surface area contributed by atoms with Crippen LogP contribution in [0.25, 0.3) is 0 Å². The van der Waals surface area contributed by atoms with Gasteiger partial charge in [-0.2, -0.15) is 0 Å². The van der Waals surface area contributed by atoms with E-state index in [9.17, 15) is 0 Å². The molecular formula is C13H26. The predicted molar refractivity (Wildman–Crippen MR) is 59.9 cm³/mol. The molecular weight excluding hydrogens is 156 g/mol. The number of rotatable bonds is 3. The van der Waals surface area contributed by atoms with Crippen LogP contribution < -0.4 is 0 Å². The highest BCUT2D eigenvalue weighted by Gasteiger charge is 2.32. The van der Waals surface area contributed by atoms with Crippen LogP contribution in [0.3, 0.4) is 0 Å². The molecule has 0 nitrogen and oxygen atoms in total. The standard InChI is InChI=1S/C13H26/c1-5-12(2,3)11-13(4)9-7-6-8-10-13/h5-11H2,1-4H3. The van der Waals surface area contributed by atoms with Crippen molar-refractivity contribution in [1.29, 1.82) is 0 Å². The zero-order chi connectivity index (χ0) is 9.95. The lowest BCUT2D eigenvalue weighted by atomic mass is 9.66. The minimum absolute atomic E-state index is 0.562. The summed E-state index contributed by atoms with van der Waals surface area (Å²) in [5, 5.41) is 0. The summed E-state index contributed by atoms with van der Waals surface area (Å²) >= 11 is 0. The second-order valence-corrected chi connectivity index (χ2v) is 6.07. The molecule has 0 atom stereocenters. The molecule has 1 aliphatic rings. The Hall–Kier alpha value is 0. The Bertz CT molecular complexity index is 149. The maximum absolute atomic E-state index is 2.50. The molecule has 0 aliphatic heterocycles. The smallest absolute Gasteiger partial charge is 0.0321 e. The first-order valence-corrected chi connectivity index (χ1v) is 5.97.